The maximum absolute atomic E-state index is 10.3. The topological polar surface area (TPSA) is 32.7 Å². The lowest BCUT2D eigenvalue weighted by atomic mass is 9.82. The maximum Gasteiger partial charge on any atom is 0.105 e. The number of hydrogen-bond donors (Lipinski definition) is 1. The molecule has 0 radical (unpaired) electrons. The van der Waals surface area contributed by atoms with E-state index in [9.17, 15) is 5.11 Å². The molecule has 2 aliphatic heterocycles. The Morgan fingerprint density at radius 3 is 2.50 bits per heavy atom. The molecule has 0 aromatic carbocycles. The number of rotatable bonds is 2. The van der Waals surface area contributed by atoms with Crippen LogP contribution in [0, 0.1) is 5.41 Å². The molecule has 2 saturated heterocycles. The fourth-order valence-electron chi connectivity index (χ4n) is 2.64. The van der Waals surface area contributed by atoms with E-state index >= 15 is 0 Å². The Morgan fingerprint density at radius 1 is 1.43 bits per heavy atom. The van der Waals surface area contributed by atoms with E-state index in [1.54, 1.807) is 0 Å². The summed E-state index contributed by atoms with van der Waals surface area (Å²) in [5.41, 5.74) is -0.157. The molecule has 0 bridgehead atoms. The van der Waals surface area contributed by atoms with Gasteiger partial charge in [0.05, 0.1) is 6.10 Å². The molecule has 0 aromatic rings. The van der Waals surface area contributed by atoms with Gasteiger partial charge in [0.2, 0.25) is 0 Å². The summed E-state index contributed by atoms with van der Waals surface area (Å²) in [5.74, 6) is 0. The van der Waals surface area contributed by atoms with Crippen molar-refractivity contribution in [2.75, 3.05) is 26.2 Å². The van der Waals surface area contributed by atoms with E-state index in [2.05, 4.69) is 18.7 Å². The smallest absolute Gasteiger partial charge is 0.105 e. The highest BCUT2D eigenvalue weighted by molar-refractivity contribution is 4.97. The van der Waals surface area contributed by atoms with Gasteiger partial charge in [-0.05, 0) is 12.3 Å². The van der Waals surface area contributed by atoms with E-state index in [1.807, 2.05) is 6.92 Å². The van der Waals surface area contributed by atoms with Crippen LogP contribution >= 0.6 is 0 Å². The van der Waals surface area contributed by atoms with Crippen molar-refractivity contribution in [3.05, 3.63) is 0 Å². The van der Waals surface area contributed by atoms with Crippen molar-refractivity contribution in [1.82, 2.24) is 4.90 Å². The average Bonchev–Trinajstić information content (AvgIpc) is 2.28. The Labute approximate surface area is 86.0 Å². The first-order valence-electron chi connectivity index (χ1n) is 5.48. The fraction of sp³-hybridized carbons (Fsp3) is 1.00. The monoisotopic (exact) mass is 199 g/mol. The number of nitrogens with zero attached hydrogens (tertiary/aromatic N) is 1. The van der Waals surface area contributed by atoms with Gasteiger partial charge in [0.25, 0.3) is 0 Å². The SMILES string of the molecule is CC1OCCC1(O)CN1CC(C)(C)C1. The molecule has 3 heteroatoms. The van der Waals surface area contributed by atoms with Gasteiger partial charge in [0.15, 0.2) is 0 Å². The minimum Gasteiger partial charge on any atom is -0.386 e. The Hall–Kier alpha value is -0.120. The van der Waals surface area contributed by atoms with E-state index in [0.717, 1.165) is 26.1 Å². The third-order valence-electron chi connectivity index (χ3n) is 3.46. The zero-order valence-corrected chi connectivity index (χ0v) is 9.42. The van der Waals surface area contributed by atoms with Crippen molar-refractivity contribution in [3.8, 4) is 0 Å². The molecule has 0 saturated carbocycles. The van der Waals surface area contributed by atoms with Crippen molar-refractivity contribution in [2.45, 2.75) is 38.9 Å². The molecular weight excluding hydrogens is 178 g/mol. The molecule has 1 N–H and O–H groups in total. The van der Waals surface area contributed by atoms with Crippen LogP contribution in [0.2, 0.25) is 0 Å². The standard InChI is InChI=1S/C11H21NO2/c1-9-11(13,4-5-14-9)8-12-6-10(2,3)7-12/h9,13H,4-8H2,1-3H3. The maximum atomic E-state index is 10.3. The number of likely N-dealkylation sites (tertiary alicyclic amines) is 1. The molecule has 2 aliphatic rings. The molecule has 0 aromatic heterocycles. The van der Waals surface area contributed by atoms with E-state index in [-0.39, 0.29) is 6.10 Å². The first-order valence-corrected chi connectivity index (χ1v) is 5.48. The predicted molar refractivity (Wildman–Crippen MR) is 55.2 cm³/mol. The molecule has 82 valence electrons. The van der Waals surface area contributed by atoms with Gasteiger partial charge in [-0.15, -0.1) is 0 Å². The van der Waals surface area contributed by atoms with Gasteiger partial charge < -0.3 is 9.84 Å². The third-order valence-corrected chi connectivity index (χ3v) is 3.46. The highest BCUT2D eigenvalue weighted by Crippen LogP contribution is 2.33. The van der Waals surface area contributed by atoms with Gasteiger partial charge in [0.1, 0.15) is 5.60 Å². The number of hydrogen-bond acceptors (Lipinski definition) is 3. The Balaban J connectivity index is 1.86. The minimum absolute atomic E-state index is 0.00814. The van der Waals surface area contributed by atoms with Crippen molar-refractivity contribution >= 4 is 0 Å². The predicted octanol–water partition coefficient (Wildman–Crippen LogP) is 0.868. The average molecular weight is 199 g/mol. The quantitative estimate of drug-likeness (QED) is 0.716. The van der Waals surface area contributed by atoms with E-state index < -0.39 is 5.60 Å². The number of ether oxygens (including phenoxy) is 1. The molecule has 3 nitrogen and oxygen atoms in total. The van der Waals surface area contributed by atoms with Crippen molar-refractivity contribution < 1.29 is 9.84 Å². The van der Waals surface area contributed by atoms with Crippen molar-refractivity contribution in [2.24, 2.45) is 5.41 Å². The van der Waals surface area contributed by atoms with Crippen LogP contribution in [-0.2, 0) is 4.74 Å². The summed E-state index contributed by atoms with van der Waals surface area (Å²) in [6.45, 7) is 10.2. The highest BCUT2D eigenvalue weighted by Gasteiger charge is 2.44. The van der Waals surface area contributed by atoms with Gasteiger partial charge in [-0.1, -0.05) is 13.8 Å². The number of aliphatic hydroxyl groups is 1. The van der Waals surface area contributed by atoms with Gasteiger partial charge in [0, 0.05) is 32.7 Å². The summed E-state index contributed by atoms with van der Waals surface area (Å²) < 4.78 is 5.41. The number of β-amino-alcohol motifs (C(OH)–C–C–N with tert-alkyl or cyclic N) is 1. The van der Waals surface area contributed by atoms with Crippen LogP contribution in [0.1, 0.15) is 27.2 Å². The fourth-order valence-corrected chi connectivity index (χ4v) is 2.64. The molecule has 0 aliphatic carbocycles. The summed E-state index contributed by atoms with van der Waals surface area (Å²) in [6.07, 6.45) is 0.775. The van der Waals surface area contributed by atoms with Crippen LogP contribution in [0.3, 0.4) is 0 Å². The summed E-state index contributed by atoms with van der Waals surface area (Å²) in [7, 11) is 0. The van der Waals surface area contributed by atoms with Crippen LogP contribution in [0.25, 0.3) is 0 Å². The second-order valence-corrected chi connectivity index (χ2v) is 5.68. The summed E-state index contributed by atoms with van der Waals surface area (Å²) in [6, 6.07) is 0. The lowest BCUT2D eigenvalue weighted by Crippen LogP contribution is -2.59. The first kappa shape index (κ1) is 10.4. The Morgan fingerprint density at radius 2 is 2.07 bits per heavy atom. The van der Waals surface area contributed by atoms with Gasteiger partial charge in [-0.3, -0.25) is 4.90 Å². The molecule has 0 spiro atoms. The van der Waals surface area contributed by atoms with Crippen LogP contribution in [0.4, 0.5) is 0 Å². The molecule has 14 heavy (non-hydrogen) atoms. The Kier molecular flexibility index (Phi) is 2.37. The molecule has 2 rings (SSSR count). The van der Waals surface area contributed by atoms with Crippen molar-refractivity contribution in [1.29, 1.82) is 0 Å². The van der Waals surface area contributed by atoms with Crippen LogP contribution in [0.5, 0.6) is 0 Å². The second kappa shape index (κ2) is 3.19. The first-order chi connectivity index (χ1) is 6.41. The third kappa shape index (κ3) is 1.81. The zero-order valence-electron chi connectivity index (χ0n) is 9.42. The summed E-state index contributed by atoms with van der Waals surface area (Å²) in [5, 5.41) is 10.3. The molecule has 0 amide bonds. The summed E-state index contributed by atoms with van der Waals surface area (Å²) >= 11 is 0. The van der Waals surface area contributed by atoms with Crippen LogP contribution in [-0.4, -0.2) is 48.0 Å². The van der Waals surface area contributed by atoms with Gasteiger partial charge in [-0.2, -0.15) is 0 Å². The van der Waals surface area contributed by atoms with Gasteiger partial charge in [-0.25, -0.2) is 0 Å². The van der Waals surface area contributed by atoms with E-state index in [1.165, 1.54) is 0 Å². The van der Waals surface area contributed by atoms with Crippen molar-refractivity contribution in [3.63, 3.8) is 0 Å². The van der Waals surface area contributed by atoms with E-state index in [4.69, 9.17) is 4.74 Å². The molecule has 2 heterocycles. The normalized spacial score (nSPS) is 42.4. The van der Waals surface area contributed by atoms with Crippen LogP contribution < -0.4 is 0 Å². The van der Waals surface area contributed by atoms with Crippen LogP contribution in [0.15, 0.2) is 0 Å². The van der Waals surface area contributed by atoms with Gasteiger partial charge >= 0.3 is 0 Å². The second-order valence-electron chi connectivity index (χ2n) is 5.68. The largest absolute Gasteiger partial charge is 0.386 e. The lowest BCUT2D eigenvalue weighted by Gasteiger charge is -2.48. The molecule has 2 unspecified atom stereocenters. The van der Waals surface area contributed by atoms with E-state index in [0.29, 0.717) is 12.0 Å². The minimum atomic E-state index is -0.601. The molecule has 2 atom stereocenters. The molecular formula is C11H21NO2. The molecule has 2 fully saturated rings. The lowest BCUT2D eigenvalue weighted by molar-refractivity contribution is -0.0834. The zero-order chi connectivity index (χ0) is 10.4. The summed E-state index contributed by atoms with van der Waals surface area (Å²) in [4.78, 5) is 2.32. The highest BCUT2D eigenvalue weighted by atomic mass is 16.5. The Bertz CT molecular complexity index is 221.